The molecule has 3 N–H and O–H groups in total. The summed E-state index contributed by atoms with van der Waals surface area (Å²) in [5, 5.41) is 3.37. The Morgan fingerprint density at radius 2 is 2.13 bits per heavy atom. The van der Waals surface area contributed by atoms with Crippen LogP contribution in [-0.2, 0) is 6.54 Å². The first-order valence-corrected chi connectivity index (χ1v) is 5.33. The Balaban J connectivity index is 2.58. The van der Waals surface area contributed by atoms with Gasteiger partial charge in [0.05, 0.1) is 0 Å². The summed E-state index contributed by atoms with van der Waals surface area (Å²) >= 11 is 0. The van der Waals surface area contributed by atoms with Crippen molar-refractivity contribution in [1.29, 1.82) is 0 Å². The molecular weight excluding hydrogens is 186 g/mol. The first-order chi connectivity index (χ1) is 7.13. The van der Waals surface area contributed by atoms with E-state index in [9.17, 15) is 0 Å². The number of rotatable bonds is 5. The number of nitrogens with zero attached hydrogens (tertiary/aromatic N) is 1. The van der Waals surface area contributed by atoms with Crippen LogP contribution in [0.5, 0.6) is 0 Å². The molecule has 0 saturated carbocycles. The lowest BCUT2D eigenvalue weighted by atomic mass is 10.2. The molecule has 0 aliphatic carbocycles. The normalized spacial score (nSPS) is 12.5. The van der Waals surface area contributed by atoms with E-state index in [-0.39, 0.29) is 0 Å². The van der Waals surface area contributed by atoms with Gasteiger partial charge in [-0.05, 0) is 24.6 Å². The van der Waals surface area contributed by atoms with Crippen LogP contribution in [0.1, 0.15) is 12.5 Å². The highest BCUT2D eigenvalue weighted by Crippen LogP contribution is 2.13. The van der Waals surface area contributed by atoms with Crippen molar-refractivity contribution < 1.29 is 0 Å². The van der Waals surface area contributed by atoms with Crippen LogP contribution in [-0.4, -0.2) is 26.7 Å². The highest BCUT2D eigenvalue weighted by molar-refractivity contribution is 5.47. The average molecular weight is 207 g/mol. The number of benzene rings is 1. The summed E-state index contributed by atoms with van der Waals surface area (Å²) in [6, 6.07) is 8.88. The third-order valence-electron chi connectivity index (χ3n) is 2.44. The van der Waals surface area contributed by atoms with Crippen LogP contribution in [0.25, 0.3) is 0 Å². The highest BCUT2D eigenvalue weighted by atomic mass is 15.1. The minimum absolute atomic E-state index is 0.369. The van der Waals surface area contributed by atoms with Crippen molar-refractivity contribution >= 4 is 5.69 Å². The molecule has 0 aromatic heterocycles. The second-order valence-corrected chi connectivity index (χ2v) is 4.08. The van der Waals surface area contributed by atoms with Gasteiger partial charge in [-0.2, -0.15) is 0 Å². The smallest absolute Gasteiger partial charge is 0.0364 e. The molecule has 84 valence electrons. The zero-order valence-electron chi connectivity index (χ0n) is 9.83. The Bertz CT molecular complexity index is 297. The van der Waals surface area contributed by atoms with Gasteiger partial charge in [-0.25, -0.2) is 0 Å². The Kier molecular flexibility index (Phi) is 4.59. The molecule has 1 rings (SSSR count). The molecule has 1 aromatic rings. The van der Waals surface area contributed by atoms with Gasteiger partial charge in [-0.3, -0.25) is 0 Å². The van der Waals surface area contributed by atoms with E-state index in [0.29, 0.717) is 12.6 Å². The molecule has 0 bridgehead atoms. The summed E-state index contributed by atoms with van der Waals surface area (Å²) in [5.41, 5.74) is 8.07. The van der Waals surface area contributed by atoms with Crippen molar-refractivity contribution in [2.75, 3.05) is 25.5 Å². The van der Waals surface area contributed by atoms with Crippen molar-refractivity contribution in [2.24, 2.45) is 5.73 Å². The Labute approximate surface area is 92.3 Å². The molecule has 0 amide bonds. The first kappa shape index (κ1) is 12.0. The third kappa shape index (κ3) is 3.90. The van der Waals surface area contributed by atoms with E-state index < -0.39 is 0 Å². The van der Waals surface area contributed by atoms with Gasteiger partial charge >= 0.3 is 0 Å². The van der Waals surface area contributed by atoms with Crippen molar-refractivity contribution in [3.8, 4) is 0 Å². The van der Waals surface area contributed by atoms with Gasteiger partial charge in [0.2, 0.25) is 0 Å². The zero-order valence-corrected chi connectivity index (χ0v) is 9.83. The molecule has 0 spiro atoms. The standard InChI is InChI=1S/C12H21N3/c1-10(8-13)14-9-11-5-4-6-12(7-11)15(2)3/h4-7,10,14H,8-9,13H2,1-3H3/t10-/m1/s1. The minimum atomic E-state index is 0.369. The maximum Gasteiger partial charge on any atom is 0.0364 e. The summed E-state index contributed by atoms with van der Waals surface area (Å²) in [4.78, 5) is 2.11. The van der Waals surface area contributed by atoms with Gasteiger partial charge in [0.1, 0.15) is 0 Å². The summed E-state index contributed by atoms with van der Waals surface area (Å²) in [7, 11) is 4.10. The fraction of sp³-hybridized carbons (Fsp3) is 0.500. The van der Waals surface area contributed by atoms with Crippen molar-refractivity contribution in [2.45, 2.75) is 19.5 Å². The lowest BCUT2D eigenvalue weighted by Crippen LogP contribution is -2.32. The van der Waals surface area contributed by atoms with Crippen molar-refractivity contribution in [3.05, 3.63) is 29.8 Å². The molecule has 0 aliphatic heterocycles. The van der Waals surface area contributed by atoms with Crippen LogP contribution >= 0.6 is 0 Å². The van der Waals surface area contributed by atoms with E-state index in [1.165, 1.54) is 11.3 Å². The largest absolute Gasteiger partial charge is 0.378 e. The third-order valence-corrected chi connectivity index (χ3v) is 2.44. The van der Waals surface area contributed by atoms with Crippen molar-refractivity contribution in [3.63, 3.8) is 0 Å². The predicted molar refractivity (Wildman–Crippen MR) is 66.1 cm³/mol. The molecule has 15 heavy (non-hydrogen) atoms. The summed E-state index contributed by atoms with van der Waals surface area (Å²) in [6.07, 6.45) is 0. The van der Waals surface area contributed by atoms with E-state index in [1.54, 1.807) is 0 Å². The Hall–Kier alpha value is -1.06. The SMILES string of the molecule is C[C@H](CN)NCc1cccc(N(C)C)c1. The van der Waals surface area contributed by atoms with E-state index in [2.05, 4.69) is 55.5 Å². The highest BCUT2D eigenvalue weighted by Gasteiger charge is 2.00. The van der Waals surface area contributed by atoms with Crippen LogP contribution in [0.4, 0.5) is 5.69 Å². The number of nitrogens with two attached hydrogens (primary N) is 1. The monoisotopic (exact) mass is 207 g/mol. The second kappa shape index (κ2) is 5.73. The average Bonchev–Trinajstić information content (AvgIpc) is 2.26. The van der Waals surface area contributed by atoms with Crippen molar-refractivity contribution in [1.82, 2.24) is 5.32 Å². The zero-order chi connectivity index (χ0) is 11.3. The van der Waals surface area contributed by atoms with Gasteiger partial charge < -0.3 is 16.0 Å². The van der Waals surface area contributed by atoms with E-state index in [4.69, 9.17) is 5.73 Å². The fourth-order valence-electron chi connectivity index (χ4n) is 1.32. The molecule has 3 heteroatoms. The lowest BCUT2D eigenvalue weighted by molar-refractivity contribution is 0.556. The number of hydrogen-bond acceptors (Lipinski definition) is 3. The van der Waals surface area contributed by atoms with Gasteiger partial charge in [-0.15, -0.1) is 0 Å². The molecule has 1 aromatic carbocycles. The Morgan fingerprint density at radius 3 is 2.73 bits per heavy atom. The van der Waals surface area contributed by atoms with E-state index in [0.717, 1.165) is 6.54 Å². The number of hydrogen-bond donors (Lipinski definition) is 2. The maximum absolute atomic E-state index is 5.54. The van der Waals surface area contributed by atoms with Gasteiger partial charge in [0.25, 0.3) is 0 Å². The predicted octanol–water partition coefficient (Wildman–Crippen LogP) is 1.19. The first-order valence-electron chi connectivity index (χ1n) is 5.33. The van der Waals surface area contributed by atoms with E-state index >= 15 is 0 Å². The maximum atomic E-state index is 5.54. The fourth-order valence-corrected chi connectivity index (χ4v) is 1.32. The summed E-state index contributed by atoms with van der Waals surface area (Å²) in [5.74, 6) is 0. The van der Waals surface area contributed by atoms with Crippen LogP contribution < -0.4 is 16.0 Å². The van der Waals surface area contributed by atoms with Gasteiger partial charge in [-0.1, -0.05) is 12.1 Å². The quantitative estimate of drug-likeness (QED) is 0.762. The topological polar surface area (TPSA) is 41.3 Å². The minimum Gasteiger partial charge on any atom is -0.378 e. The summed E-state index contributed by atoms with van der Waals surface area (Å²) < 4.78 is 0. The van der Waals surface area contributed by atoms with Crippen LogP contribution in [0, 0.1) is 0 Å². The van der Waals surface area contributed by atoms with Crippen LogP contribution in [0.2, 0.25) is 0 Å². The molecule has 0 fully saturated rings. The molecule has 0 aliphatic rings. The summed E-state index contributed by atoms with van der Waals surface area (Å²) in [6.45, 7) is 3.64. The second-order valence-electron chi connectivity index (χ2n) is 4.08. The molecule has 3 nitrogen and oxygen atoms in total. The number of nitrogens with one attached hydrogen (secondary N) is 1. The van der Waals surface area contributed by atoms with Crippen LogP contribution in [0.3, 0.4) is 0 Å². The van der Waals surface area contributed by atoms with E-state index in [1.807, 2.05) is 0 Å². The molecule has 0 heterocycles. The Morgan fingerprint density at radius 1 is 1.40 bits per heavy atom. The molecule has 0 radical (unpaired) electrons. The molecule has 0 saturated heterocycles. The molecule has 1 atom stereocenters. The van der Waals surface area contributed by atoms with Gasteiger partial charge in [0, 0.05) is 38.9 Å². The van der Waals surface area contributed by atoms with Gasteiger partial charge in [0.15, 0.2) is 0 Å². The number of anilines is 1. The molecule has 0 unspecified atom stereocenters. The molecular formula is C12H21N3. The lowest BCUT2D eigenvalue weighted by Gasteiger charge is -2.15. The van der Waals surface area contributed by atoms with Crippen LogP contribution in [0.15, 0.2) is 24.3 Å².